The van der Waals surface area contributed by atoms with E-state index in [1.165, 1.54) is 16.1 Å². The van der Waals surface area contributed by atoms with Crippen LogP contribution in [0.5, 0.6) is 0 Å². The quantitative estimate of drug-likeness (QED) is 0.423. The summed E-state index contributed by atoms with van der Waals surface area (Å²) in [7, 11) is 0. The van der Waals surface area contributed by atoms with Gasteiger partial charge in [0.05, 0.1) is 19.1 Å². The van der Waals surface area contributed by atoms with E-state index in [2.05, 4.69) is 0 Å². The molecule has 0 aliphatic rings. The minimum Gasteiger partial charge on any atom is -0.545 e. The van der Waals surface area contributed by atoms with Crippen molar-refractivity contribution in [2.45, 2.75) is 13.1 Å². The van der Waals surface area contributed by atoms with Crippen LogP contribution in [0.25, 0.3) is 0 Å². The number of alkyl halides is 1. The van der Waals surface area contributed by atoms with Gasteiger partial charge in [0.2, 0.25) is 0 Å². The molecule has 2 rings (SSSR count). The zero-order chi connectivity index (χ0) is 14.7. The number of hydrogen-bond donors (Lipinski definition) is 0. The molecule has 9 heteroatoms. The molecule has 0 unspecified atom stereocenters. The van der Waals surface area contributed by atoms with E-state index in [0.717, 1.165) is 16.1 Å². The molecule has 0 amide bonds. The molecule has 0 N–H and O–H groups in total. The second-order valence-corrected chi connectivity index (χ2v) is 5.35. The van der Waals surface area contributed by atoms with Gasteiger partial charge >= 0.3 is 40.1 Å². The van der Waals surface area contributed by atoms with Crippen LogP contribution in [-0.4, -0.2) is 20.4 Å². The molecule has 0 radical (unpaired) electrons. The van der Waals surface area contributed by atoms with Crippen LogP contribution >= 0.6 is 23.1 Å². The van der Waals surface area contributed by atoms with E-state index in [4.69, 9.17) is 11.6 Å². The fourth-order valence-corrected chi connectivity index (χ4v) is 2.73. The van der Waals surface area contributed by atoms with E-state index in [-0.39, 0.29) is 59.0 Å². The molecule has 0 bridgehead atoms. The fourth-order valence-electron chi connectivity index (χ4n) is 1.67. The van der Waals surface area contributed by atoms with E-state index in [9.17, 15) is 19.5 Å². The van der Waals surface area contributed by atoms with Gasteiger partial charge in [-0.1, -0.05) is 24.3 Å². The average molecular weight is 337 g/mol. The van der Waals surface area contributed by atoms with Gasteiger partial charge in [-0.25, -0.2) is 13.3 Å². The number of carbonyl (C=O) groups is 1. The number of aromatic carboxylic acids is 1. The zero-order valence-corrected chi connectivity index (χ0v) is 14.8. The van der Waals surface area contributed by atoms with Crippen molar-refractivity contribution in [2.75, 3.05) is 5.88 Å². The Morgan fingerprint density at radius 1 is 1.24 bits per heavy atom. The van der Waals surface area contributed by atoms with Crippen LogP contribution in [0.15, 0.2) is 33.9 Å². The number of hydrogen-bond acceptors (Lipinski definition) is 5. The Balaban J connectivity index is 0.00000220. The van der Waals surface area contributed by atoms with Gasteiger partial charge in [0.1, 0.15) is 0 Å². The molecule has 106 valence electrons. The van der Waals surface area contributed by atoms with Crippen LogP contribution in [-0.2, 0) is 13.1 Å². The van der Waals surface area contributed by atoms with Crippen LogP contribution in [0.1, 0.15) is 15.9 Å². The largest absolute Gasteiger partial charge is 1.00 e. The predicted molar refractivity (Wildman–Crippen MR) is 73.4 cm³/mol. The van der Waals surface area contributed by atoms with E-state index >= 15 is 0 Å². The summed E-state index contributed by atoms with van der Waals surface area (Å²) in [5, 5.41) is 10.6. The molecule has 0 atom stereocenters. The smallest absolute Gasteiger partial charge is 0.545 e. The number of nitrogens with zero attached hydrogens (tertiary/aromatic N) is 2. The molecule has 6 nitrogen and oxygen atoms in total. The number of halogens is 1. The van der Waals surface area contributed by atoms with Gasteiger partial charge in [-0.15, -0.1) is 11.6 Å². The molecule has 0 fully saturated rings. The Morgan fingerprint density at radius 3 is 2.38 bits per heavy atom. The van der Waals surface area contributed by atoms with Gasteiger partial charge < -0.3 is 9.90 Å². The maximum absolute atomic E-state index is 11.9. The Morgan fingerprint density at radius 2 is 1.86 bits per heavy atom. The van der Waals surface area contributed by atoms with Crippen molar-refractivity contribution in [3.8, 4) is 0 Å². The number of aryl methyl sites for hydroxylation is 1. The molecule has 0 spiro atoms. The van der Waals surface area contributed by atoms with Crippen molar-refractivity contribution < 1.29 is 39.5 Å². The normalized spacial score (nSPS) is 10.1. The minimum atomic E-state index is -1.27. The van der Waals surface area contributed by atoms with Gasteiger partial charge in [-0.05, 0) is 11.1 Å². The van der Waals surface area contributed by atoms with Gasteiger partial charge in [0.25, 0.3) is 0 Å². The standard InChI is InChI=1S/C12H11ClN2O4S.Na/c13-5-6-15-11(18)14(12(19)20-15)7-8-1-3-9(4-2-8)10(16)17;/h1-4H,5-7H2,(H,16,17);/q;+1/p-1. The Labute approximate surface area is 151 Å². The van der Waals surface area contributed by atoms with Gasteiger partial charge in [0, 0.05) is 17.4 Å². The molecule has 21 heavy (non-hydrogen) atoms. The van der Waals surface area contributed by atoms with E-state index in [0.29, 0.717) is 5.56 Å². The summed E-state index contributed by atoms with van der Waals surface area (Å²) >= 11 is 6.37. The first-order chi connectivity index (χ1) is 9.52. The maximum atomic E-state index is 11.9. The number of carbonyl (C=O) groups excluding carboxylic acids is 1. The third kappa shape index (κ3) is 4.31. The van der Waals surface area contributed by atoms with Crippen LogP contribution in [0.4, 0.5) is 0 Å². The van der Waals surface area contributed by atoms with Crippen molar-refractivity contribution in [3.63, 3.8) is 0 Å². The molecule has 0 saturated heterocycles. The van der Waals surface area contributed by atoms with Crippen molar-refractivity contribution in [1.29, 1.82) is 0 Å². The fraction of sp³-hybridized carbons (Fsp3) is 0.250. The van der Waals surface area contributed by atoms with E-state index in [1.807, 2.05) is 0 Å². The SMILES string of the molecule is O=C([O-])c1ccc(Cn2c(=O)sn(CCCl)c2=O)cc1.[Na+]. The first-order valence-electron chi connectivity index (χ1n) is 5.70. The number of carboxylic acid groups (broad SMARTS) is 1. The summed E-state index contributed by atoms with van der Waals surface area (Å²) in [5.41, 5.74) is 0.292. The van der Waals surface area contributed by atoms with Crippen molar-refractivity contribution in [3.05, 3.63) is 55.5 Å². The summed E-state index contributed by atoms with van der Waals surface area (Å²) in [4.78, 5) is 33.9. The molecular weight excluding hydrogens is 327 g/mol. The number of carboxylic acids is 1. The molecule has 1 aromatic carbocycles. The van der Waals surface area contributed by atoms with E-state index in [1.54, 1.807) is 12.1 Å². The van der Waals surface area contributed by atoms with Crippen LogP contribution in [0.2, 0.25) is 0 Å². The van der Waals surface area contributed by atoms with Crippen molar-refractivity contribution >= 4 is 29.1 Å². The van der Waals surface area contributed by atoms with Crippen LogP contribution in [0, 0.1) is 0 Å². The molecule has 0 aliphatic carbocycles. The molecule has 0 saturated carbocycles. The van der Waals surface area contributed by atoms with Gasteiger partial charge in [-0.2, -0.15) is 0 Å². The summed E-state index contributed by atoms with van der Waals surface area (Å²) in [6.07, 6.45) is 0. The summed E-state index contributed by atoms with van der Waals surface area (Å²) in [6.45, 7) is 0.383. The topological polar surface area (TPSA) is 84.1 Å². The average Bonchev–Trinajstić information content (AvgIpc) is 2.68. The maximum Gasteiger partial charge on any atom is 1.00 e. The van der Waals surface area contributed by atoms with Crippen LogP contribution < -0.4 is 45.2 Å². The second kappa shape index (κ2) is 7.95. The molecular formula is C12H10ClN2NaO4S. The first-order valence-corrected chi connectivity index (χ1v) is 7.01. The Hall–Kier alpha value is -0.860. The molecule has 1 heterocycles. The number of aromatic nitrogens is 2. The minimum absolute atomic E-state index is 0. The molecule has 1 aromatic heterocycles. The predicted octanol–water partition coefficient (Wildman–Crippen LogP) is -3.27. The molecule has 2 aromatic rings. The third-order valence-electron chi connectivity index (χ3n) is 2.67. The molecule has 0 aliphatic heterocycles. The number of benzene rings is 1. The Bertz CT molecular complexity index is 735. The third-order valence-corrected chi connectivity index (χ3v) is 3.78. The summed E-state index contributed by atoms with van der Waals surface area (Å²) in [5.74, 6) is -1.02. The van der Waals surface area contributed by atoms with Gasteiger partial charge in [-0.3, -0.25) is 4.79 Å². The summed E-state index contributed by atoms with van der Waals surface area (Å²) in [6, 6.07) is 5.83. The van der Waals surface area contributed by atoms with E-state index < -0.39 is 11.7 Å². The van der Waals surface area contributed by atoms with Gasteiger partial charge in [0.15, 0.2) is 0 Å². The van der Waals surface area contributed by atoms with Crippen LogP contribution in [0.3, 0.4) is 0 Å². The number of rotatable bonds is 5. The second-order valence-electron chi connectivity index (χ2n) is 4.00. The Kier molecular flexibility index (Phi) is 6.89. The zero-order valence-electron chi connectivity index (χ0n) is 11.2. The summed E-state index contributed by atoms with van der Waals surface area (Å²) < 4.78 is 2.39. The van der Waals surface area contributed by atoms with Crippen molar-refractivity contribution in [2.24, 2.45) is 0 Å². The van der Waals surface area contributed by atoms with Crippen molar-refractivity contribution in [1.82, 2.24) is 8.52 Å². The first kappa shape index (κ1) is 18.2. The monoisotopic (exact) mass is 336 g/mol.